The molecule has 0 radical (unpaired) electrons. The molecule has 0 saturated carbocycles. The lowest BCUT2D eigenvalue weighted by molar-refractivity contribution is 0.370. The van der Waals surface area contributed by atoms with Gasteiger partial charge in [0.15, 0.2) is 11.5 Å². The standard InChI is InChI=1S/C17H21NO2/c1-12-6-8-13(9-7-12)15(11-18)10-14-4-3-5-16(20-2)17(14)19/h3-9,15,19H,10-11,18H2,1-2H3. The highest BCUT2D eigenvalue weighted by molar-refractivity contribution is 5.46. The maximum Gasteiger partial charge on any atom is 0.160 e. The number of benzene rings is 2. The van der Waals surface area contributed by atoms with Gasteiger partial charge < -0.3 is 15.6 Å². The largest absolute Gasteiger partial charge is 0.504 e. The van der Waals surface area contributed by atoms with Crippen LogP contribution in [0.15, 0.2) is 42.5 Å². The third-order valence-electron chi connectivity index (χ3n) is 3.60. The Morgan fingerprint density at radius 2 is 1.85 bits per heavy atom. The predicted octanol–water partition coefficient (Wildman–Crippen LogP) is 2.99. The number of hydrogen-bond donors (Lipinski definition) is 2. The van der Waals surface area contributed by atoms with Crippen LogP contribution in [0.5, 0.6) is 11.5 Å². The summed E-state index contributed by atoms with van der Waals surface area (Å²) in [6.45, 7) is 2.61. The van der Waals surface area contributed by atoms with Gasteiger partial charge >= 0.3 is 0 Å². The molecule has 2 rings (SSSR count). The van der Waals surface area contributed by atoms with Gasteiger partial charge in [-0.05, 0) is 37.1 Å². The quantitative estimate of drug-likeness (QED) is 0.879. The molecule has 0 aromatic heterocycles. The Bertz CT molecular complexity index is 564. The van der Waals surface area contributed by atoms with Crippen LogP contribution in [0.25, 0.3) is 0 Å². The van der Waals surface area contributed by atoms with E-state index in [1.807, 2.05) is 12.1 Å². The summed E-state index contributed by atoms with van der Waals surface area (Å²) in [5.74, 6) is 0.899. The smallest absolute Gasteiger partial charge is 0.160 e. The van der Waals surface area contributed by atoms with Crippen LogP contribution in [0.4, 0.5) is 0 Å². The Labute approximate surface area is 120 Å². The maximum atomic E-state index is 10.2. The molecule has 0 aliphatic rings. The second-order valence-electron chi connectivity index (χ2n) is 5.02. The van der Waals surface area contributed by atoms with Gasteiger partial charge in [0.1, 0.15) is 0 Å². The van der Waals surface area contributed by atoms with Crippen molar-refractivity contribution in [2.24, 2.45) is 5.73 Å². The Morgan fingerprint density at radius 1 is 1.15 bits per heavy atom. The first-order valence-corrected chi connectivity index (χ1v) is 6.77. The molecule has 0 fully saturated rings. The number of hydrogen-bond acceptors (Lipinski definition) is 3. The summed E-state index contributed by atoms with van der Waals surface area (Å²) in [5.41, 5.74) is 9.18. The molecule has 0 saturated heterocycles. The van der Waals surface area contributed by atoms with E-state index in [9.17, 15) is 5.11 Å². The molecule has 2 aromatic rings. The Morgan fingerprint density at radius 3 is 2.45 bits per heavy atom. The lowest BCUT2D eigenvalue weighted by Gasteiger charge is -2.17. The molecule has 3 heteroatoms. The van der Waals surface area contributed by atoms with E-state index in [0.29, 0.717) is 18.7 Å². The lowest BCUT2D eigenvalue weighted by Crippen LogP contribution is -2.15. The molecule has 106 valence electrons. The normalized spacial score (nSPS) is 12.2. The lowest BCUT2D eigenvalue weighted by atomic mass is 9.91. The van der Waals surface area contributed by atoms with E-state index < -0.39 is 0 Å². The summed E-state index contributed by atoms with van der Waals surface area (Å²) in [5, 5.41) is 10.2. The number of aromatic hydroxyl groups is 1. The Balaban J connectivity index is 2.24. The second-order valence-corrected chi connectivity index (χ2v) is 5.02. The summed E-state index contributed by atoms with van der Waals surface area (Å²) < 4.78 is 5.14. The van der Waals surface area contributed by atoms with Gasteiger partial charge in [-0.3, -0.25) is 0 Å². The van der Waals surface area contributed by atoms with Gasteiger partial charge in [0.2, 0.25) is 0 Å². The van der Waals surface area contributed by atoms with Gasteiger partial charge in [0.25, 0.3) is 0 Å². The van der Waals surface area contributed by atoms with Crippen molar-refractivity contribution in [3.63, 3.8) is 0 Å². The van der Waals surface area contributed by atoms with Gasteiger partial charge in [-0.25, -0.2) is 0 Å². The molecule has 3 N–H and O–H groups in total. The first kappa shape index (κ1) is 14.4. The number of ether oxygens (including phenoxy) is 1. The number of methoxy groups -OCH3 is 1. The molecule has 0 bridgehead atoms. The van der Waals surface area contributed by atoms with Crippen LogP contribution in [0.1, 0.15) is 22.6 Å². The fourth-order valence-electron chi connectivity index (χ4n) is 2.34. The first-order valence-electron chi connectivity index (χ1n) is 6.77. The van der Waals surface area contributed by atoms with Gasteiger partial charge in [0.05, 0.1) is 7.11 Å². The molecule has 1 unspecified atom stereocenters. The molecule has 0 aliphatic heterocycles. The Kier molecular flexibility index (Phi) is 4.64. The number of aryl methyl sites for hydroxylation is 1. The van der Waals surface area contributed by atoms with Crippen LogP contribution in [0, 0.1) is 6.92 Å². The van der Waals surface area contributed by atoms with Gasteiger partial charge in [-0.15, -0.1) is 0 Å². The monoisotopic (exact) mass is 271 g/mol. The SMILES string of the molecule is COc1cccc(CC(CN)c2ccc(C)cc2)c1O. The minimum Gasteiger partial charge on any atom is -0.504 e. The van der Waals surface area contributed by atoms with Crippen LogP contribution in [0.3, 0.4) is 0 Å². The zero-order chi connectivity index (χ0) is 14.5. The number of para-hydroxylation sites is 1. The molecule has 0 heterocycles. The molecule has 0 spiro atoms. The maximum absolute atomic E-state index is 10.2. The summed E-state index contributed by atoms with van der Waals surface area (Å²) in [6, 6.07) is 13.9. The number of phenols is 1. The molecular formula is C17H21NO2. The van der Waals surface area contributed by atoms with E-state index in [0.717, 1.165) is 5.56 Å². The van der Waals surface area contributed by atoms with Gasteiger partial charge in [-0.2, -0.15) is 0 Å². The average molecular weight is 271 g/mol. The van der Waals surface area contributed by atoms with Gasteiger partial charge in [-0.1, -0.05) is 42.0 Å². The number of nitrogens with two attached hydrogens (primary N) is 1. The van der Waals surface area contributed by atoms with Crippen LogP contribution < -0.4 is 10.5 Å². The summed E-state index contributed by atoms with van der Waals surface area (Å²) >= 11 is 0. The third kappa shape index (κ3) is 3.11. The predicted molar refractivity (Wildman–Crippen MR) is 81.3 cm³/mol. The zero-order valence-corrected chi connectivity index (χ0v) is 12.0. The number of phenolic OH excluding ortho intramolecular Hbond substituents is 1. The van der Waals surface area contributed by atoms with Crippen LogP contribution in [-0.4, -0.2) is 18.8 Å². The van der Waals surface area contributed by atoms with Crippen molar-refractivity contribution in [2.75, 3.05) is 13.7 Å². The first-order chi connectivity index (χ1) is 9.65. The number of rotatable bonds is 5. The Hall–Kier alpha value is -2.00. The van der Waals surface area contributed by atoms with E-state index >= 15 is 0 Å². The van der Waals surface area contributed by atoms with E-state index in [1.165, 1.54) is 11.1 Å². The molecular weight excluding hydrogens is 250 g/mol. The summed E-state index contributed by atoms with van der Waals surface area (Å²) in [4.78, 5) is 0. The second kappa shape index (κ2) is 6.44. The minimum absolute atomic E-state index is 0.189. The fraction of sp³-hybridized carbons (Fsp3) is 0.294. The summed E-state index contributed by atoms with van der Waals surface area (Å²) in [6.07, 6.45) is 0.697. The average Bonchev–Trinajstić information content (AvgIpc) is 2.47. The van der Waals surface area contributed by atoms with Crippen molar-refractivity contribution in [1.82, 2.24) is 0 Å². The van der Waals surface area contributed by atoms with E-state index in [-0.39, 0.29) is 11.7 Å². The van der Waals surface area contributed by atoms with Crippen molar-refractivity contribution >= 4 is 0 Å². The van der Waals surface area contributed by atoms with Gasteiger partial charge in [0, 0.05) is 5.92 Å². The fourth-order valence-corrected chi connectivity index (χ4v) is 2.34. The third-order valence-corrected chi connectivity index (χ3v) is 3.60. The van der Waals surface area contributed by atoms with Crippen molar-refractivity contribution in [3.8, 4) is 11.5 Å². The molecule has 1 atom stereocenters. The van der Waals surface area contributed by atoms with Crippen LogP contribution in [0.2, 0.25) is 0 Å². The van der Waals surface area contributed by atoms with Crippen LogP contribution >= 0.6 is 0 Å². The van der Waals surface area contributed by atoms with Crippen LogP contribution in [-0.2, 0) is 6.42 Å². The molecule has 20 heavy (non-hydrogen) atoms. The van der Waals surface area contributed by atoms with E-state index in [2.05, 4.69) is 31.2 Å². The highest BCUT2D eigenvalue weighted by atomic mass is 16.5. The molecule has 3 nitrogen and oxygen atoms in total. The molecule has 0 amide bonds. The summed E-state index contributed by atoms with van der Waals surface area (Å²) in [7, 11) is 1.55. The van der Waals surface area contributed by atoms with Crippen molar-refractivity contribution < 1.29 is 9.84 Å². The van der Waals surface area contributed by atoms with Crippen molar-refractivity contribution in [2.45, 2.75) is 19.3 Å². The highest BCUT2D eigenvalue weighted by Crippen LogP contribution is 2.32. The van der Waals surface area contributed by atoms with Crippen molar-refractivity contribution in [1.29, 1.82) is 0 Å². The highest BCUT2D eigenvalue weighted by Gasteiger charge is 2.15. The van der Waals surface area contributed by atoms with E-state index in [4.69, 9.17) is 10.5 Å². The van der Waals surface area contributed by atoms with Crippen molar-refractivity contribution in [3.05, 3.63) is 59.2 Å². The minimum atomic E-state index is 0.189. The molecule has 0 aliphatic carbocycles. The molecule has 2 aromatic carbocycles. The zero-order valence-electron chi connectivity index (χ0n) is 12.0. The topological polar surface area (TPSA) is 55.5 Å². The van der Waals surface area contributed by atoms with E-state index in [1.54, 1.807) is 13.2 Å².